The van der Waals surface area contributed by atoms with Crippen molar-refractivity contribution in [3.63, 3.8) is 0 Å². The van der Waals surface area contributed by atoms with Gasteiger partial charge in [0.1, 0.15) is 0 Å². The number of nitrogen functional groups attached to an aromatic ring is 1. The lowest BCUT2D eigenvalue weighted by atomic mass is 10.1. The number of anilines is 1. The number of thioether (sulfide) groups is 1. The lowest BCUT2D eigenvalue weighted by Crippen LogP contribution is -2.33. The summed E-state index contributed by atoms with van der Waals surface area (Å²) in [5.74, 6) is 7.72. The van der Waals surface area contributed by atoms with Gasteiger partial charge in [-0.25, -0.2) is 0 Å². The van der Waals surface area contributed by atoms with Crippen LogP contribution in [0.1, 0.15) is 22.3 Å². The normalized spacial score (nSPS) is 16.2. The Hall–Kier alpha value is -1.20. The number of nitrogens with two attached hydrogens (primary N) is 1. The van der Waals surface area contributed by atoms with Crippen LogP contribution in [0.3, 0.4) is 0 Å². The van der Waals surface area contributed by atoms with Crippen molar-refractivity contribution in [2.24, 2.45) is 5.84 Å². The second kappa shape index (κ2) is 6.11. The molecule has 98 valence electrons. The molecule has 0 unspecified atom stereocenters. The quantitative estimate of drug-likeness (QED) is 0.633. The highest BCUT2D eigenvalue weighted by atomic mass is 32.2. The summed E-state index contributed by atoms with van der Waals surface area (Å²) < 4.78 is 0. The minimum absolute atomic E-state index is 0.0745. The van der Waals surface area contributed by atoms with E-state index in [4.69, 9.17) is 5.84 Å². The predicted octanol–water partition coefficient (Wildman–Crippen LogP) is 1.86. The van der Waals surface area contributed by atoms with Crippen LogP contribution in [0.5, 0.6) is 0 Å². The molecule has 1 amide bonds. The number of hydrogen-bond donors (Lipinski definition) is 2. The Balaban J connectivity index is 2.21. The molecule has 0 spiro atoms. The Kier molecular flexibility index (Phi) is 4.49. The van der Waals surface area contributed by atoms with Crippen LogP contribution in [0.4, 0.5) is 5.69 Å². The maximum atomic E-state index is 12.5. The van der Waals surface area contributed by atoms with Crippen LogP contribution < -0.4 is 11.3 Å². The molecule has 0 radical (unpaired) electrons. The Bertz CT molecular complexity index is 428. The van der Waals surface area contributed by atoms with Crippen molar-refractivity contribution in [2.45, 2.75) is 13.3 Å². The zero-order valence-corrected chi connectivity index (χ0v) is 11.4. The summed E-state index contributed by atoms with van der Waals surface area (Å²) >= 11 is 1.91. The van der Waals surface area contributed by atoms with Crippen LogP contribution >= 0.6 is 11.8 Å². The largest absolute Gasteiger partial charge is 0.338 e. The molecule has 1 aliphatic heterocycles. The van der Waals surface area contributed by atoms with Crippen LogP contribution in [-0.2, 0) is 0 Å². The highest BCUT2D eigenvalue weighted by Crippen LogP contribution is 2.20. The van der Waals surface area contributed by atoms with E-state index in [1.165, 1.54) is 0 Å². The molecular formula is C13H19N3OS. The molecule has 0 aliphatic carbocycles. The van der Waals surface area contributed by atoms with Gasteiger partial charge in [-0.15, -0.1) is 0 Å². The fraction of sp³-hybridized carbons (Fsp3) is 0.462. The molecular weight excluding hydrogens is 246 g/mol. The number of carbonyl (C=O) groups excluding carboxylic acids is 1. The van der Waals surface area contributed by atoms with Gasteiger partial charge in [-0.05, 0) is 36.8 Å². The van der Waals surface area contributed by atoms with E-state index in [0.29, 0.717) is 11.3 Å². The molecule has 0 saturated carbocycles. The smallest absolute Gasteiger partial charge is 0.256 e. The van der Waals surface area contributed by atoms with Gasteiger partial charge in [-0.1, -0.05) is 6.07 Å². The molecule has 1 fully saturated rings. The SMILES string of the molecule is Cc1ccc(C(=O)N2CCCSCC2)c(NN)c1. The van der Waals surface area contributed by atoms with E-state index in [1.807, 2.05) is 41.8 Å². The third-order valence-corrected chi connectivity index (χ3v) is 4.12. The molecule has 18 heavy (non-hydrogen) atoms. The van der Waals surface area contributed by atoms with Gasteiger partial charge in [-0.3, -0.25) is 10.6 Å². The minimum Gasteiger partial charge on any atom is -0.338 e. The van der Waals surface area contributed by atoms with E-state index < -0.39 is 0 Å². The lowest BCUT2D eigenvalue weighted by molar-refractivity contribution is 0.0769. The van der Waals surface area contributed by atoms with Crippen LogP contribution in [0.2, 0.25) is 0 Å². The first-order chi connectivity index (χ1) is 8.72. The molecule has 2 rings (SSSR count). The molecule has 5 heteroatoms. The summed E-state index contributed by atoms with van der Waals surface area (Å²) in [5.41, 5.74) is 5.08. The van der Waals surface area contributed by atoms with Crippen LogP contribution in [0.25, 0.3) is 0 Å². The maximum absolute atomic E-state index is 12.5. The Labute approximate surface area is 112 Å². The second-order valence-corrected chi connectivity index (χ2v) is 5.68. The molecule has 0 atom stereocenters. The molecule has 4 nitrogen and oxygen atoms in total. The van der Waals surface area contributed by atoms with Gasteiger partial charge in [0, 0.05) is 18.8 Å². The van der Waals surface area contributed by atoms with E-state index in [9.17, 15) is 4.79 Å². The standard InChI is InChI=1S/C13H19N3OS/c1-10-3-4-11(12(9-10)15-14)13(17)16-5-2-7-18-8-6-16/h3-4,9,15H,2,5-8,14H2,1H3. The van der Waals surface area contributed by atoms with E-state index in [-0.39, 0.29) is 5.91 Å². The topological polar surface area (TPSA) is 58.4 Å². The molecule has 1 aromatic rings. The van der Waals surface area contributed by atoms with E-state index in [1.54, 1.807) is 0 Å². The minimum atomic E-state index is 0.0745. The molecule has 3 N–H and O–H groups in total. The summed E-state index contributed by atoms with van der Waals surface area (Å²) in [5, 5.41) is 0. The molecule has 1 aliphatic rings. The number of aryl methyl sites for hydroxylation is 1. The average Bonchev–Trinajstić information content (AvgIpc) is 2.66. The van der Waals surface area contributed by atoms with Crippen LogP contribution in [-0.4, -0.2) is 35.4 Å². The number of rotatable bonds is 2. The van der Waals surface area contributed by atoms with E-state index in [0.717, 1.165) is 36.6 Å². The van der Waals surface area contributed by atoms with Gasteiger partial charge in [0.2, 0.25) is 0 Å². The van der Waals surface area contributed by atoms with Crippen molar-refractivity contribution in [1.82, 2.24) is 4.90 Å². The monoisotopic (exact) mass is 265 g/mol. The molecule has 1 saturated heterocycles. The zero-order valence-electron chi connectivity index (χ0n) is 10.6. The number of amides is 1. The highest BCUT2D eigenvalue weighted by Gasteiger charge is 2.19. The number of hydrazine groups is 1. The summed E-state index contributed by atoms with van der Waals surface area (Å²) in [6.45, 7) is 3.64. The fourth-order valence-electron chi connectivity index (χ4n) is 2.08. The van der Waals surface area contributed by atoms with Crippen molar-refractivity contribution in [3.8, 4) is 0 Å². The average molecular weight is 265 g/mol. The van der Waals surface area contributed by atoms with Gasteiger partial charge in [0.05, 0.1) is 11.3 Å². The van der Waals surface area contributed by atoms with E-state index >= 15 is 0 Å². The number of hydrogen-bond acceptors (Lipinski definition) is 4. The van der Waals surface area contributed by atoms with Crippen molar-refractivity contribution < 1.29 is 4.79 Å². The number of nitrogens with one attached hydrogen (secondary N) is 1. The molecule has 1 aromatic carbocycles. The van der Waals surface area contributed by atoms with Crippen molar-refractivity contribution in [1.29, 1.82) is 0 Å². The summed E-state index contributed by atoms with van der Waals surface area (Å²) in [4.78, 5) is 14.4. The Morgan fingerprint density at radius 3 is 3.00 bits per heavy atom. The zero-order chi connectivity index (χ0) is 13.0. The maximum Gasteiger partial charge on any atom is 0.256 e. The lowest BCUT2D eigenvalue weighted by Gasteiger charge is -2.21. The van der Waals surface area contributed by atoms with Crippen molar-refractivity contribution in [3.05, 3.63) is 29.3 Å². The number of carbonyl (C=O) groups is 1. The summed E-state index contributed by atoms with van der Waals surface area (Å²) in [6.07, 6.45) is 1.06. The first-order valence-corrected chi connectivity index (χ1v) is 7.32. The first kappa shape index (κ1) is 13.2. The van der Waals surface area contributed by atoms with E-state index in [2.05, 4.69) is 5.43 Å². The first-order valence-electron chi connectivity index (χ1n) is 6.16. The summed E-state index contributed by atoms with van der Waals surface area (Å²) in [6, 6.07) is 5.70. The van der Waals surface area contributed by atoms with Crippen molar-refractivity contribution in [2.75, 3.05) is 30.0 Å². The van der Waals surface area contributed by atoms with Crippen molar-refractivity contribution >= 4 is 23.4 Å². The predicted molar refractivity (Wildman–Crippen MR) is 76.8 cm³/mol. The van der Waals surface area contributed by atoms with Crippen LogP contribution in [0, 0.1) is 6.92 Å². The van der Waals surface area contributed by atoms with Gasteiger partial charge >= 0.3 is 0 Å². The number of benzene rings is 1. The third kappa shape index (κ3) is 2.97. The Morgan fingerprint density at radius 1 is 1.39 bits per heavy atom. The number of nitrogens with zero attached hydrogens (tertiary/aromatic N) is 1. The second-order valence-electron chi connectivity index (χ2n) is 4.45. The molecule has 0 aromatic heterocycles. The van der Waals surface area contributed by atoms with Gasteiger partial charge in [0.25, 0.3) is 5.91 Å². The third-order valence-electron chi connectivity index (χ3n) is 3.07. The molecule has 1 heterocycles. The summed E-state index contributed by atoms with van der Waals surface area (Å²) in [7, 11) is 0. The molecule has 0 bridgehead atoms. The van der Waals surface area contributed by atoms with Gasteiger partial charge < -0.3 is 10.3 Å². The van der Waals surface area contributed by atoms with Gasteiger partial charge in [-0.2, -0.15) is 11.8 Å². The Morgan fingerprint density at radius 2 is 2.22 bits per heavy atom. The van der Waals surface area contributed by atoms with Crippen LogP contribution in [0.15, 0.2) is 18.2 Å². The van der Waals surface area contributed by atoms with Gasteiger partial charge in [0.15, 0.2) is 0 Å². The fourth-order valence-corrected chi connectivity index (χ4v) is 2.97. The highest BCUT2D eigenvalue weighted by molar-refractivity contribution is 7.99.